The summed E-state index contributed by atoms with van der Waals surface area (Å²) in [6.45, 7) is 1.71. The maximum absolute atomic E-state index is 12.5. The van der Waals surface area contributed by atoms with Crippen LogP contribution in [0.4, 0.5) is 0 Å². The molecule has 2 rings (SSSR count). The third-order valence-electron chi connectivity index (χ3n) is 4.01. The van der Waals surface area contributed by atoms with E-state index >= 15 is 0 Å². The Morgan fingerprint density at radius 1 is 1.45 bits per heavy atom. The van der Waals surface area contributed by atoms with Gasteiger partial charge in [0.15, 0.2) is 0 Å². The summed E-state index contributed by atoms with van der Waals surface area (Å²) in [5.74, 6) is 0.760. The molecule has 4 nitrogen and oxygen atoms in total. The van der Waals surface area contributed by atoms with E-state index in [1.54, 1.807) is 32.2 Å². The average Bonchev–Trinajstić information content (AvgIpc) is 2.99. The van der Waals surface area contributed by atoms with Gasteiger partial charge in [0.25, 0.3) is 0 Å². The van der Waals surface area contributed by atoms with Gasteiger partial charge in [0.05, 0.1) is 12.9 Å². The number of rotatable bonds is 6. The van der Waals surface area contributed by atoms with Crippen molar-refractivity contribution >= 4 is 28.3 Å². The molecule has 1 saturated carbocycles. The summed E-state index contributed by atoms with van der Waals surface area (Å²) in [5, 5.41) is 3.01. The molecule has 0 saturated heterocycles. The molecule has 1 amide bonds. The molecule has 1 N–H and O–H groups in total. The fourth-order valence-electron chi connectivity index (χ4n) is 2.65. The second-order valence-electron chi connectivity index (χ2n) is 5.61. The van der Waals surface area contributed by atoms with Crippen molar-refractivity contribution in [3.63, 3.8) is 0 Å². The van der Waals surface area contributed by atoms with Crippen LogP contribution >= 0.6 is 11.6 Å². The summed E-state index contributed by atoms with van der Waals surface area (Å²) in [6, 6.07) is 5.45. The van der Waals surface area contributed by atoms with E-state index in [9.17, 15) is 9.00 Å². The molecule has 1 aliphatic carbocycles. The molecule has 22 heavy (non-hydrogen) atoms. The Hall–Kier alpha value is -1.07. The topological polar surface area (TPSA) is 55.4 Å². The molecule has 1 aliphatic rings. The van der Waals surface area contributed by atoms with Crippen molar-refractivity contribution in [1.82, 2.24) is 5.32 Å². The monoisotopic (exact) mass is 343 g/mol. The normalized spacial score (nSPS) is 18.0. The second kappa shape index (κ2) is 7.97. The molecular weight excluding hydrogens is 322 g/mol. The lowest BCUT2D eigenvalue weighted by Crippen LogP contribution is -2.40. The van der Waals surface area contributed by atoms with Crippen LogP contribution in [-0.2, 0) is 21.3 Å². The molecule has 2 atom stereocenters. The van der Waals surface area contributed by atoms with E-state index in [1.807, 2.05) is 0 Å². The summed E-state index contributed by atoms with van der Waals surface area (Å²) in [7, 11) is 0.245. The summed E-state index contributed by atoms with van der Waals surface area (Å²) in [4.78, 5) is 12.2. The zero-order valence-electron chi connectivity index (χ0n) is 12.9. The minimum Gasteiger partial charge on any atom is -0.496 e. The van der Waals surface area contributed by atoms with Crippen molar-refractivity contribution in [2.45, 2.75) is 49.7 Å². The van der Waals surface area contributed by atoms with E-state index in [2.05, 4.69) is 5.32 Å². The van der Waals surface area contributed by atoms with Gasteiger partial charge in [0.1, 0.15) is 11.0 Å². The Bertz CT molecular complexity index is 558. The number of halogens is 1. The number of carbonyl (C=O) groups excluding carboxylic acids is 1. The van der Waals surface area contributed by atoms with Gasteiger partial charge in [-0.1, -0.05) is 24.4 Å². The van der Waals surface area contributed by atoms with Gasteiger partial charge in [0.2, 0.25) is 5.91 Å². The minimum atomic E-state index is -1.32. The molecule has 0 unspecified atom stereocenters. The summed E-state index contributed by atoms with van der Waals surface area (Å²) in [5.41, 5.74) is 0.758. The summed E-state index contributed by atoms with van der Waals surface area (Å²) < 4.78 is 17.7. The molecule has 0 heterocycles. The zero-order chi connectivity index (χ0) is 16.1. The molecule has 122 valence electrons. The Balaban J connectivity index is 1.98. The van der Waals surface area contributed by atoms with Crippen molar-refractivity contribution in [3.05, 3.63) is 28.8 Å². The molecule has 1 fully saturated rings. The van der Waals surface area contributed by atoms with Gasteiger partial charge >= 0.3 is 0 Å². The Kier molecular flexibility index (Phi) is 6.26. The van der Waals surface area contributed by atoms with Crippen LogP contribution in [0.2, 0.25) is 5.02 Å². The number of amides is 1. The van der Waals surface area contributed by atoms with E-state index in [0.717, 1.165) is 31.2 Å². The predicted molar refractivity (Wildman–Crippen MR) is 89.7 cm³/mol. The van der Waals surface area contributed by atoms with Crippen molar-refractivity contribution in [1.29, 1.82) is 0 Å². The van der Waals surface area contributed by atoms with Gasteiger partial charge in [0, 0.05) is 27.4 Å². The lowest BCUT2D eigenvalue weighted by atomic mass is 10.2. The first-order chi connectivity index (χ1) is 10.5. The summed E-state index contributed by atoms with van der Waals surface area (Å²) in [6.07, 6.45) is 4.35. The standard InChI is InChI=1S/C16H22ClNO3S/c1-11(16(19)18-14-5-3-4-6-14)22(20)10-12-9-13(17)7-8-15(12)21-2/h7-9,11,14H,3-6,10H2,1-2H3,(H,18,19)/t11-,22+/m0/s1. The highest BCUT2D eigenvalue weighted by Crippen LogP contribution is 2.25. The SMILES string of the molecule is COc1ccc(Cl)cc1C[S@@](=O)[C@@H](C)C(=O)NC1CCCC1. The van der Waals surface area contributed by atoms with Crippen LogP contribution in [0.25, 0.3) is 0 Å². The minimum absolute atomic E-state index is 0.133. The molecule has 6 heteroatoms. The fourth-order valence-corrected chi connectivity index (χ4v) is 3.93. The first-order valence-corrected chi connectivity index (χ1v) is 9.27. The second-order valence-corrected chi connectivity index (χ2v) is 7.81. The van der Waals surface area contributed by atoms with Crippen molar-refractivity contribution in [3.8, 4) is 5.75 Å². The predicted octanol–water partition coefficient (Wildman–Crippen LogP) is 3.04. The number of hydrogen-bond donors (Lipinski definition) is 1. The average molecular weight is 344 g/mol. The molecule has 0 spiro atoms. The largest absolute Gasteiger partial charge is 0.496 e. The Morgan fingerprint density at radius 3 is 2.77 bits per heavy atom. The van der Waals surface area contributed by atoms with E-state index in [1.165, 1.54) is 0 Å². The first kappa shape index (κ1) is 17.3. The van der Waals surface area contributed by atoms with Crippen LogP contribution in [0.3, 0.4) is 0 Å². The maximum atomic E-state index is 12.5. The van der Waals surface area contributed by atoms with E-state index < -0.39 is 16.0 Å². The van der Waals surface area contributed by atoms with Crippen LogP contribution in [0.15, 0.2) is 18.2 Å². The van der Waals surface area contributed by atoms with Crippen LogP contribution in [0, 0.1) is 0 Å². The van der Waals surface area contributed by atoms with Gasteiger partial charge in [-0.25, -0.2) is 0 Å². The number of nitrogens with one attached hydrogen (secondary N) is 1. The van der Waals surface area contributed by atoms with Crippen molar-refractivity contribution in [2.24, 2.45) is 0 Å². The Morgan fingerprint density at radius 2 is 2.14 bits per heavy atom. The molecular formula is C16H22ClNO3S. The lowest BCUT2D eigenvalue weighted by molar-refractivity contribution is -0.121. The number of methoxy groups -OCH3 is 1. The summed E-state index contributed by atoms with van der Waals surface area (Å²) >= 11 is 5.98. The first-order valence-electron chi connectivity index (χ1n) is 7.51. The molecule has 1 aromatic carbocycles. The van der Waals surface area contributed by atoms with Crippen molar-refractivity contribution in [2.75, 3.05) is 7.11 Å². The van der Waals surface area contributed by atoms with Gasteiger partial charge in [-0.2, -0.15) is 0 Å². The number of ether oxygens (including phenoxy) is 1. The van der Waals surface area contributed by atoms with Crippen LogP contribution in [-0.4, -0.2) is 28.5 Å². The highest BCUT2D eigenvalue weighted by atomic mass is 35.5. The van der Waals surface area contributed by atoms with Gasteiger partial charge in [-0.15, -0.1) is 0 Å². The Labute approximate surface area is 139 Å². The highest BCUT2D eigenvalue weighted by molar-refractivity contribution is 7.85. The van der Waals surface area contributed by atoms with Crippen molar-refractivity contribution < 1.29 is 13.7 Å². The zero-order valence-corrected chi connectivity index (χ0v) is 14.5. The van der Waals surface area contributed by atoms with Crippen LogP contribution in [0.1, 0.15) is 38.2 Å². The van der Waals surface area contributed by atoms with Gasteiger partial charge in [-0.05, 0) is 38.0 Å². The highest BCUT2D eigenvalue weighted by Gasteiger charge is 2.25. The number of benzene rings is 1. The van der Waals surface area contributed by atoms with E-state index in [4.69, 9.17) is 16.3 Å². The third-order valence-corrected chi connectivity index (χ3v) is 5.84. The van der Waals surface area contributed by atoms with Gasteiger partial charge < -0.3 is 10.1 Å². The molecule has 1 aromatic rings. The lowest BCUT2D eigenvalue weighted by Gasteiger charge is -2.17. The van der Waals surface area contributed by atoms with Crippen LogP contribution < -0.4 is 10.1 Å². The van der Waals surface area contributed by atoms with E-state index in [-0.39, 0.29) is 17.7 Å². The molecule has 0 radical (unpaired) electrons. The van der Waals surface area contributed by atoms with Crippen LogP contribution in [0.5, 0.6) is 5.75 Å². The number of hydrogen-bond acceptors (Lipinski definition) is 3. The number of carbonyl (C=O) groups is 1. The molecule has 0 bridgehead atoms. The smallest absolute Gasteiger partial charge is 0.235 e. The quantitative estimate of drug-likeness (QED) is 0.863. The molecule has 0 aromatic heterocycles. The third kappa shape index (κ3) is 4.46. The van der Waals surface area contributed by atoms with E-state index in [0.29, 0.717) is 10.8 Å². The molecule has 0 aliphatic heterocycles. The maximum Gasteiger partial charge on any atom is 0.235 e. The van der Waals surface area contributed by atoms with Gasteiger partial charge in [-0.3, -0.25) is 9.00 Å². The fraction of sp³-hybridized carbons (Fsp3) is 0.562.